The second-order valence-electron chi connectivity index (χ2n) is 5.40. The third-order valence-corrected chi connectivity index (χ3v) is 5.07. The van der Waals surface area contributed by atoms with Crippen LogP contribution in [0.25, 0.3) is 5.69 Å². The summed E-state index contributed by atoms with van der Waals surface area (Å²) in [5.74, 6) is -1.19. The second-order valence-corrected chi connectivity index (χ2v) is 7.05. The molecule has 0 spiro atoms. The molecule has 1 N–H and O–H groups in total. The number of hydrogen-bond acceptors (Lipinski definition) is 7. The quantitative estimate of drug-likeness (QED) is 0.658. The first kappa shape index (κ1) is 18.5. The van der Waals surface area contributed by atoms with Crippen LogP contribution in [0.3, 0.4) is 0 Å². The van der Waals surface area contributed by atoms with Crippen LogP contribution in [0, 0.1) is 12.7 Å². The average molecular weight is 391 g/mol. The minimum Gasteiger partial charge on any atom is -0.465 e. The maximum Gasteiger partial charge on any atom is 0.339 e. The van der Waals surface area contributed by atoms with Gasteiger partial charge in [0, 0.05) is 0 Å². The summed E-state index contributed by atoms with van der Waals surface area (Å²) in [5.41, 5.74) is -0.125. The fraction of sp³-hybridized carbons (Fsp3) is 0.125. The molecule has 0 bridgehead atoms. The first-order valence-corrected chi connectivity index (χ1v) is 9.07. The summed E-state index contributed by atoms with van der Waals surface area (Å²) in [7, 11) is -3.13. The predicted octanol–water partition coefficient (Wildman–Crippen LogP) is 1.70. The van der Waals surface area contributed by atoms with Gasteiger partial charge in [-0.05, 0) is 47.7 Å². The lowest BCUT2D eigenvalue weighted by Gasteiger charge is -2.13. The summed E-state index contributed by atoms with van der Waals surface area (Å²) < 4.78 is 47.7. The maximum absolute atomic E-state index is 14.2. The molecule has 0 unspecified atom stereocenters. The SMILES string of the molecule is COC(=O)c1ccccc1S(=O)(=O)Nc1cc(-n2nnnc2C)ccc1F. The summed E-state index contributed by atoms with van der Waals surface area (Å²) in [6.45, 7) is 1.64. The Labute approximate surface area is 153 Å². The molecular weight excluding hydrogens is 377 g/mol. The lowest BCUT2D eigenvalue weighted by Crippen LogP contribution is -2.18. The predicted molar refractivity (Wildman–Crippen MR) is 92.4 cm³/mol. The number of sulfonamides is 1. The lowest BCUT2D eigenvalue weighted by molar-refractivity contribution is 0.0596. The summed E-state index contributed by atoms with van der Waals surface area (Å²) in [6.07, 6.45) is 0. The zero-order valence-corrected chi connectivity index (χ0v) is 15.1. The number of rotatable bonds is 5. The fourth-order valence-electron chi connectivity index (χ4n) is 2.37. The molecule has 0 radical (unpaired) electrons. The van der Waals surface area contributed by atoms with Crippen LogP contribution in [-0.4, -0.2) is 41.7 Å². The lowest BCUT2D eigenvalue weighted by atomic mass is 10.2. The molecule has 0 saturated heterocycles. The molecule has 3 aromatic rings. The van der Waals surface area contributed by atoms with Crippen molar-refractivity contribution in [2.45, 2.75) is 11.8 Å². The average Bonchev–Trinajstić information content (AvgIpc) is 3.08. The molecule has 0 amide bonds. The van der Waals surface area contributed by atoms with E-state index in [4.69, 9.17) is 0 Å². The van der Waals surface area contributed by atoms with Gasteiger partial charge in [0.15, 0.2) is 5.82 Å². The van der Waals surface area contributed by atoms with Gasteiger partial charge in [-0.1, -0.05) is 12.1 Å². The number of nitrogens with zero attached hydrogens (tertiary/aromatic N) is 4. The summed E-state index contributed by atoms with van der Waals surface area (Å²) >= 11 is 0. The van der Waals surface area contributed by atoms with Gasteiger partial charge in [0.05, 0.1) is 24.0 Å². The third kappa shape index (κ3) is 3.62. The molecule has 2 aromatic carbocycles. The van der Waals surface area contributed by atoms with Gasteiger partial charge in [-0.2, -0.15) is 4.68 Å². The van der Waals surface area contributed by atoms with Crippen molar-refractivity contribution < 1.29 is 22.3 Å². The second kappa shape index (κ2) is 7.11. The monoisotopic (exact) mass is 391 g/mol. The molecule has 0 aliphatic carbocycles. The molecule has 140 valence electrons. The highest BCUT2D eigenvalue weighted by Crippen LogP contribution is 2.24. The van der Waals surface area contributed by atoms with Crippen LogP contribution in [0.15, 0.2) is 47.4 Å². The Morgan fingerprint density at radius 1 is 1.22 bits per heavy atom. The summed E-state index contributed by atoms with van der Waals surface area (Å²) in [5, 5.41) is 11.0. The molecule has 0 aliphatic heterocycles. The number of esters is 1. The Morgan fingerprint density at radius 2 is 1.96 bits per heavy atom. The Bertz CT molecular complexity index is 1110. The van der Waals surface area contributed by atoms with Gasteiger partial charge < -0.3 is 4.74 Å². The van der Waals surface area contributed by atoms with E-state index in [-0.39, 0.29) is 16.1 Å². The topological polar surface area (TPSA) is 116 Å². The summed E-state index contributed by atoms with van der Waals surface area (Å²) in [6, 6.07) is 9.20. The Hall–Kier alpha value is -3.34. The number of methoxy groups -OCH3 is 1. The first-order chi connectivity index (χ1) is 12.8. The highest BCUT2D eigenvalue weighted by atomic mass is 32.2. The number of ether oxygens (including phenoxy) is 1. The van der Waals surface area contributed by atoms with E-state index in [0.29, 0.717) is 11.5 Å². The van der Waals surface area contributed by atoms with E-state index in [1.54, 1.807) is 6.92 Å². The van der Waals surface area contributed by atoms with Crippen LogP contribution >= 0.6 is 0 Å². The minimum atomic E-state index is -4.27. The number of carbonyl (C=O) groups is 1. The highest BCUT2D eigenvalue weighted by molar-refractivity contribution is 7.92. The van der Waals surface area contributed by atoms with E-state index in [1.165, 1.54) is 41.1 Å². The normalized spacial score (nSPS) is 11.2. The van der Waals surface area contributed by atoms with Gasteiger partial charge in [0.1, 0.15) is 10.7 Å². The zero-order valence-electron chi connectivity index (χ0n) is 14.2. The van der Waals surface area contributed by atoms with Crippen molar-refractivity contribution >= 4 is 21.7 Å². The van der Waals surface area contributed by atoms with Crippen molar-refractivity contribution in [2.24, 2.45) is 0 Å². The Balaban J connectivity index is 2.03. The maximum atomic E-state index is 14.2. The largest absolute Gasteiger partial charge is 0.465 e. The number of halogens is 1. The molecular formula is C16H14FN5O4S. The molecule has 0 aliphatic rings. The first-order valence-electron chi connectivity index (χ1n) is 7.58. The van der Waals surface area contributed by atoms with Gasteiger partial charge in [-0.15, -0.1) is 5.10 Å². The van der Waals surface area contributed by atoms with Crippen LogP contribution in [0.4, 0.5) is 10.1 Å². The van der Waals surface area contributed by atoms with Gasteiger partial charge in [-0.25, -0.2) is 17.6 Å². The van der Waals surface area contributed by atoms with Gasteiger partial charge in [0.25, 0.3) is 10.0 Å². The molecule has 0 atom stereocenters. The van der Waals surface area contributed by atoms with Crippen LogP contribution in [0.5, 0.6) is 0 Å². The molecule has 27 heavy (non-hydrogen) atoms. The molecule has 0 saturated carbocycles. The number of hydrogen-bond donors (Lipinski definition) is 1. The minimum absolute atomic E-state index is 0.166. The molecule has 11 heteroatoms. The van der Waals surface area contributed by atoms with E-state index in [2.05, 4.69) is 25.0 Å². The number of benzene rings is 2. The molecule has 0 fully saturated rings. The van der Waals surface area contributed by atoms with Gasteiger partial charge >= 0.3 is 5.97 Å². The van der Waals surface area contributed by atoms with Crippen LogP contribution < -0.4 is 4.72 Å². The van der Waals surface area contributed by atoms with Crippen molar-refractivity contribution in [1.29, 1.82) is 0 Å². The van der Waals surface area contributed by atoms with Crippen LogP contribution in [0.1, 0.15) is 16.2 Å². The number of nitrogens with one attached hydrogen (secondary N) is 1. The van der Waals surface area contributed by atoms with Crippen molar-refractivity contribution in [2.75, 3.05) is 11.8 Å². The highest BCUT2D eigenvalue weighted by Gasteiger charge is 2.24. The Morgan fingerprint density at radius 3 is 2.63 bits per heavy atom. The van der Waals surface area contributed by atoms with Crippen molar-refractivity contribution in [3.05, 3.63) is 59.7 Å². The standard InChI is InChI=1S/C16H14FN5O4S/c1-10-18-20-21-22(10)11-7-8-13(17)14(9-11)19-27(24,25)15-6-4-3-5-12(15)16(23)26-2/h3-9,19H,1-2H3. The molecule has 1 aromatic heterocycles. The third-order valence-electron chi connectivity index (χ3n) is 3.65. The van der Waals surface area contributed by atoms with Crippen LogP contribution in [-0.2, 0) is 14.8 Å². The summed E-state index contributed by atoms with van der Waals surface area (Å²) in [4.78, 5) is 11.5. The van der Waals surface area contributed by atoms with E-state index in [1.807, 2.05) is 0 Å². The van der Waals surface area contributed by atoms with E-state index in [0.717, 1.165) is 13.2 Å². The fourth-order valence-corrected chi connectivity index (χ4v) is 3.63. The number of aromatic nitrogens is 4. The van der Waals surface area contributed by atoms with Crippen molar-refractivity contribution in [3.8, 4) is 5.69 Å². The van der Waals surface area contributed by atoms with Crippen molar-refractivity contribution in [1.82, 2.24) is 20.2 Å². The van der Waals surface area contributed by atoms with Crippen molar-refractivity contribution in [3.63, 3.8) is 0 Å². The Kier molecular flexibility index (Phi) is 4.86. The van der Waals surface area contributed by atoms with E-state index in [9.17, 15) is 17.6 Å². The molecule has 1 heterocycles. The van der Waals surface area contributed by atoms with Crippen LogP contribution in [0.2, 0.25) is 0 Å². The number of carbonyl (C=O) groups excluding carboxylic acids is 1. The van der Waals surface area contributed by atoms with Gasteiger partial charge in [0.2, 0.25) is 0 Å². The number of anilines is 1. The smallest absolute Gasteiger partial charge is 0.339 e. The van der Waals surface area contributed by atoms with E-state index < -0.39 is 21.8 Å². The number of aryl methyl sites for hydroxylation is 1. The molecule has 9 nitrogen and oxygen atoms in total. The zero-order chi connectivity index (χ0) is 19.6. The molecule has 3 rings (SSSR count). The van der Waals surface area contributed by atoms with Gasteiger partial charge in [-0.3, -0.25) is 4.72 Å². The van der Waals surface area contributed by atoms with E-state index >= 15 is 0 Å². The number of tetrazole rings is 1.